The molecule has 0 saturated carbocycles. The summed E-state index contributed by atoms with van der Waals surface area (Å²) < 4.78 is 1.18. The van der Waals surface area contributed by atoms with E-state index < -0.39 is 5.97 Å². The van der Waals surface area contributed by atoms with Crippen molar-refractivity contribution < 1.29 is 9.90 Å². The van der Waals surface area contributed by atoms with Crippen LogP contribution in [0.2, 0.25) is 0 Å². The summed E-state index contributed by atoms with van der Waals surface area (Å²) in [5, 5.41) is 8.81. The van der Waals surface area contributed by atoms with Crippen molar-refractivity contribution in [3.05, 3.63) is 20.8 Å². The number of likely N-dealkylation sites (N-methyl/N-ethyl adjacent to an activating group) is 1. The summed E-state index contributed by atoms with van der Waals surface area (Å²) >= 11 is 5.27. The van der Waals surface area contributed by atoms with Crippen LogP contribution in [0.5, 0.6) is 0 Å². The van der Waals surface area contributed by atoms with E-state index in [0.717, 1.165) is 32.5 Å². The predicted octanol–water partition coefficient (Wildman–Crippen LogP) is 2.91. The van der Waals surface area contributed by atoms with E-state index in [2.05, 4.69) is 33.0 Å². The highest BCUT2D eigenvalue weighted by molar-refractivity contribution is 9.11. The summed E-state index contributed by atoms with van der Waals surface area (Å²) in [5.74, 6) is -0.742. The van der Waals surface area contributed by atoms with Gasteiger partial charge in [-0.3, -0.25) is 14.6 Å². The van der Waals surface area contributed by atoms with Crippen LogP contribution in [0.25, 0.3) is 0 Å². The van der Waals surface area contributed by atoms with Gasteiger partial charge in [-0.05, 0) is 48.0 Å². The third kappa shape index (κ3) is 5.33. The minimum atomic E-state index is -0.742. The molecule has 0 radical (unpaired) electrons. The number of aliphatic carboxylic acids is 1. The summed E-state index contributed by atoms with van der Waals surface area (Å²) in [6.07, 6.45) is 2.10. The first-order chi connectivity index (χ1) is 9.04. The Morgan fingerprint density at radius 3 is 2.65 bits per heavy atom. The van der Waals surface area contributed by atoms with Crippen molar-refractivity contribution in [1.29, 1.82) is 0 Å². The Morgan fingerprint density at radius 2 is 2.15 bits per heavy atom. The molecule has 4 nitrogen and oxygen atoms in total. The van der Waals surface area contributed by atoms with Crippen LogP contribution in [0.4, 0.5) is 0 Å². The first-order valence-electron chi connectivity index (χ1n) is 6.43. The van der Waals surface area contributed by atoms with E-state index in [1.54, 1.807) is 11.3 Å². The first kappa shape index (κ1) is 17.9. The van der Waals surface area contributed by atoms with Gasteiger partial charge in [0, 0.05) is 30.6 Å². The molecule has 7 heteroatoms. The average molecular weight is 384 g/mol. The van der Waals surface area contributed by atoms with Gasteiger partial charge in [0.15, 0.2) is 0 Å². The monoisotopic (exact) mass is 382 g/mol. The zero-order valence-corrected chi connectivity index (χ0v) is 14.6. The molecule has 0 atom stereocenters. The molecule has 1 aromatic rings. The molecule has 1 aliphatic rings. The number of nitrogens with zero attached hydrogens (tertiary/aromatic N) is 2. The lowest BCUT2D eigenvalue weighted by Crippen LogP contribution is -2.44. The Hall–Kier alpha value is -0.140. The maximum absolute atomic E-state index is 10.7. The smallest absolute Gasteiger partial charge is 0.317 e. The van der Waals surface area contributed by atoms with Crippen molar-refractivity contribution in [2.45, 2.75) is 25.4 Å². The van der Waals surface area contributed by atoms with E-state index in [1.165, 1.54) is 8.66 Å². The molecule has 0 amide bonds. The number of carboxylic acid groups (broad SMARTS) is 1. The number of halogens is 2. The van der Waals surface area contributed by atoms with Gasteiger partial charge in [0.05, 0.1) is 10.3 Å². The molecule has 1 aromatic heterocycles. The number of hydrogen-bond donors (Lipinski definition) is 1. The molecule has 114 valence electrons. The van der Waals surface area contributed by atoms with E-state index in [9.17, 15) is 4.79 Å². The lowest BCUT2D eigenvalue weighted by molar-refractivity contribution is -0.138. The first-order valence-corrected chi connectivity index (χ1v) is 8.04. The van der Waals surface area contributed by atoms with Gasteiger partial charge in [0.2, 0.25) is 0 Å². The molecule has 0 spiro atoms. The molecule has 1 N–H and O–H groups in total. The highest BCUT2D eigenvalue weighted by Crippen LogP contribution is 2.25. The van der Waals surface area contributed by atoms with E-state index in [0.29, 0.717) is 6.04 Å². The maximum atomic E-state index is 10.7. The fourth-order valence-electron chi connectivity index (χ4n) is 2.52. The fourth-order valence-corrected chi connectivity index (χ4v) is 4.04. The minimum absolute atomic E-state index is 0. The molecule has 0 bridgehead atoms. The molecule has 20 heavy (non-hydrogen) atoms. The SMILES string of the molecule is CN(CC(=O)O)C1CCN(Cc2ccc(Br)s2)CC1.Cl. The molecule has 0 aliphatic carbocycles. The number of thiophene rings is 1. The van der Waals surface area contributed by atoms with Crippen molar-refractivity contribution in [3.63, 3.8) is 0 Å². The third-order valence-electron chi connectivity index (χ3n) is 3.57. The van der Waals surface area contributed by atoms with E-state index >= 15 is 0 Å². The molecule has 2 rings (SSSR count). The second-order valence-electron chi connectivity index (χ2n) is 5.02. The van der Waals surface area contributed by atoms with Gasteiger partial charge in [0.25, 0.3) is 0 Å². The van der Waals surface area contributed by atoms with E-state index in [1.807, 2.05) is 11.9 Å². The summed E-state index contributed by atoms with van der Waals surface area (Å²) in [5.41, 5.74) is 0. The van der Waals surface area contributed by atoms with Crippen molar-refractivity contribution in [2.75, 3.05) is 26.7 Å². The highest BCUT2D eigenvalue weighted by Gasteiger charge is 2.23. The van der Waals surface area contributed by atoms with Gasteiger partial charge in [-0.25, -0.2) is 0 Å². The number of carbonyl (C=O) groups is 1. The Bertz CT molecular complexity index is 436. The minimum Gasteiger partial charge on any atom is -0.480 e. The summed E-state index contributed by atoms with van der Waals surface area (Å²) in [6.45, 7) is 3.24. The zero-order chi connectivity index (χ0) is 13.8. The fraction of sp³-hybridized carbons (Fsp3) is 0.615. The van der Waals surface area contributed by atoms with Gasteiger partial charge in [-0.1, -0.05) is 0 Å². The number of rotatable bonds is 5. The molecular weight excluding hydrogens is 364 g/mol. The maximum Gasteiger partial charge on any atom is 0.317 e. The number of hydrogen-bond acceptors (Lipinski definition) is 4. The van der Waals surface area contributed by atoms with Crippen LogP contribution in [-0.4, -0.2) is 53.6 Å². The molecule has 1 saturated heterocycles. The lowest BCUT2D eigenvalue weighted by atomic mass is 10.0. The van der Waals surface area contributed by atoms with Gasteiger partial charge in [0.1, 0.15) is 0 Å². The van der Waals surface area contributed by atoms with Gasteiger partial charge >= 0.3 is 5.97 Å². The number of piperidine rings is 1. The molecule has 0 aromatic carbocycles. The van der Waals surface area contributed by atoms with Crippen LogP contribution in [0.1, 0.15) is 17.7 Å². The summed E-state index contributed by atoms with van der Waals surface area (Å²) in [6, 6.07) is 4.66. The van der Waals surface area contributed by atoms with Crippen LogP contribution in [-0.2, 0) is 11.3 Å². The van der Waals surface area contributed by atoms with Crippen LogP contribution >= 0.6 is 39.7 Å². The van der Waals surface area contributed by atoms with E-state index in [-0.39, 0.29) is 19.0 Å². The third-order valence-corrected chi connectivity index (χ3v) is 5.18. The Labute approximate surface area is 138 Å². The van der Waals surface area contributed by atoms with Gasteiger partial charge in [-0.2, -0.15) is 0 Å². The number of carboxylic acids is 1. The number of likely N-dealkylation sites (tertiary alicyclic amines) is 1. The second kappa shape index (κ2) is 8.34. The highest BCUT2D eigenvalue weighted by atomic mass is 79.9. The normalized spacial score (nSPS) is 17.1. The summed E-state index contributed by atoms with van der Waals surface area (Å²) in [4.78, 5) is 16.5. The Kier molecular flexibility index (Phi) is 7.47. The molecule has 1 aliphatic heterocycles. The van der Waals surface area contributed by atoms with Crippen molar-refractivity contribution in [3.8, 4) is 0 Å². The zero-order valence-electron chi connectivity index (χ0n) is 11.4. The standard InChI is InChI=1S/C13H19BrN2O2S.ClH/c1-15(9-13(17)18)10-4-6-16(7-5-10)8-11-2-3-12(14)19-11;/h2-3,10H,4-9H2,1H3,(H,17,18);1H. The van der Waals surface area contributed by atoms with Crippen LogP contribution in [0.15, 0.2) is 15.9 Å². The molecular formula is C13H20BrClN2O2S. The van der Waals surface area contributed by atoms with Crippen molar-refractivity contribution >= 4 is 45.6 Å². The summed E-state index contributed by atoms with van der Waals surface area (Å²) in [7, 11) is 1.91. The van der Waals surface area contributed by atoms with Crippen LogP contribution in [0, 0.1) is 0 Å². The Morgan fingerprint density at radius 1 is 1.50 bits per heavy atom. The molecule has 2 heterocycles. The quantitative estimate of drug-likeness (QED) is 0.849. The Balaban J connectivity index is 0.00000200. The topological polar surface area (TPSA) is 43.8 Å². The molecule has 1 fully saturated rings. The second-order valence-corrected chi connectivity index (χ2v) is 7.57. The largest absolute Gasteiger partial charge is 0.480 e. The average Bonchev–Trinajstić information content (AvgIpc) is 2.75. The predicted molar refractivity (Wildman–Crippen MR) is 87.8 cm³/mol. The van der Waals surface area contributed by atoms with Gasteiger partial charge in [-0.15, -0.1) is 23.7 Å². The van der Waals surface area contributed by atoms with Crippen molar-refractivity contribution in [2.24, 2.45) is 0 Å². The van der Waals surface area contributed by atoms with Crippen LogP contribution < -0.4 is 0 Å². The van der Waals surface area contributed by atoms with Gasteiger partial charge < -0.3 is 5.11 Å². The van der Waals surface area contributed by atoms with E-state index in [4.69, 9.17) is 5.11 Å². The van der Waals surface area contributed by atoms with Crippen LogP contribution in [0.3, 0.4) is 0 Å². The molecule has 0 unspecified atom stereocenters. The lowest BCUT2D eigenvalue weighted by Gasteiger charge is -2.35. The van der Waals surface area contributed by atoms with Crippen molar-refractivity contribution in [1.82, 2.24) is 9.80 Å².